The Hall–Kier alpha value is -3.25. The normalized spacial score (nSPS) is 11.6. The van der Waals surface area contributed by atoms with Crippen molar-refractivity contribution in [1.82, 2.24) is 0 Å². The second-order valence-corrected chi connectivity index (χ2v) is 10.9. The first-order valence-corrected chi connectivity index (χ1v) is 13.9. The van der Waals surface area contributed by atoms with Crippen molar-refractivity contribution in [3.8, 4) is 28.7 Å². The maximum Gasteiger partial charge on any atom is 0.294 e. The van der Waals surface area contributed by atoms with Crippen LogP contribution in [0.4, 0.5) is 22.7 Å². The van der Waals surface area contributed by atoms with Crippen molar-refractivity contribution in [2.75, 3.05) is 0 Å². The number of azo groups is 2. The first-order chi connectivity index (χ1) is 20.4. The van der Waals surface area contributed by atoms with E-state index < -0.39 is 43.7 Å². The molecule has 0 unspecified atom stereocenters. The van der Waals surface area contributed by atoms with E-state index in [4.69, 9.17) is 10.5 Å². The number of nitrogens with zero attached hydrogens (tertiary/aromatic N) is 4. The van der Waals surface area contributed by atoms with Crippen molar-refractivity contribution in [2.24, 2.45) is 20.5 Å². The molecule has 45 heavy (non-hydrogen) atoms. The molecule has 0 aliphatic carbocycles. The number of hydrogen-bond donors (Lipinski definition) is 8. The van der Waals surface area contributed by atoms with E-state index in [0.717, 1.165) is 24.3 Å². The zero-order valence-electron chi connectivity index (χ0n) is 21.3. The van der Waals surface area contributed by atoms with Crippen LogP contribution in [0.15, 0.2) is 83.7 Å². The fourth-order valence-electron chi connectivity index (χ4n) is 3.42. The summed E-state index contributed by atoms with van der Waals surface area (Å²) in [5, 5.41) is 90.6. The maximum absolute atomic E-state index is 11.5. The van der Waals surface area contributed by atoms with Gasteiger partial charge in [-0.1, -0.05) is 10.1 Å². The van der Waals surface area contributed by atoms with Gasteiger partial charge in [-0.25, -0.2) is 10.5 Å². The van der Waals surface area contributed by atoms with Gasteiger partial charge in [-0.3, -0.25) is 4.55 Å². The van der Waals surface area contributed by atoms with Crippen LogP contribution < -0.4 is 0 Å². The standard InChI is InChI=1S/C22H16N4O14S3.2Cu/c27-15-2-1-10(41-39-37-32)5-12(15)23-24-13-7-17(29)14(8-16(13)28)25-26-21-19(42-40-38-33)4-9-3-11(43(34,35)36)6-18(30)20(9)22(21)31;;/h1-8,27-33H,(H,34,35,36);;. The fourth-order valence-corrected chi connectivity index (χ4v) is 4.84. The van der Waals surface area contributed by atoms with Crippen molar-refractivity contribution in [3.63, 3.8) is 0 Å². The van der Waals surface area contributed by atoms with Crippen LogP contribution in [0, 0.1) is 0 Å². The molecule has 0 amide bonds. The van der Waals surface area contributed by atoms with Crippen molar-refractivity contribution in [3.05, 3.63) is 48.5 Å². The van der Waals surface area contributed by atoms with Crippen LogP contribution in [0.25, 0.3) is 10.8 Å². The molecule has 0 atom stereocenters. The molecule has 18 nitrogen and oxygen atoms in total. The fraction of sp³-hybridized carbons (Fsp3) is 0. The van der Waals surface area contributed by atoms with Crippen LogP contribution in [0.3, 0.4) is 0 Å². The van der Waals surface area contributed by atoms with Gasteiger partial charge in [-0.05, 0) is 35.7 Å². The van der Waals surface area contributed by atoms with E-state index in [1.165, 1.54) is 18.2 Å². The summed E-state index contributed by atoms with van der Waals surface area (Å²) >= 11 is 0.876. The van der Waals surface area contributed by atoms with E-state index in [1.54, 1.807) is 0 Å². The van der Waals surface area contributed by atoms with E-state index in [2.05, 4.69) is 39.2 Å². The van der Waals surface area contributed by atoms with E-state index >= 15 is 0 Å². The van der Waals surface area contributed by atoms with Crippen molar-refractivity contribution < 1.29 is 102 Å². The van der Waals surface area contributed by atoms with E-state index in [0.29, 0.717) is 23.0 Å². The van der Waals surface area contributed by atoms with Crippen LogP contribution in [-0.4, -0.2) is 49.0 Å². The SMILES string of the molecule is O=S(=O)(O)c1cc(O)c2c(O)c(N=Nc3cc(O)c(N=Nc4cc(SOOO)ccc4O)cc3O)c(SOOO)cc2c1.[Cu].[Cu]. The Kier molecular flexibility index (Phi) is 13.8. The molecule has 248 valence electrons. The maximum atomic E-state index is 11.5. The molecular formula is C22H16Cu2N4O14S3. The molecule has 2 radical (unpaired) electrons. The average Bonchev–Trinajstić information content (AvgIpc) is 2.95. The molecule has 0 spiro atoms. The summed E-state index contributed by atoms with van der Waals surface area (Å²) in [6, 6.07) is 8.61. The summed E-state index contributed by atoms with van der Waals surface area (Å²) in [5.41, 5.74) is -1.11. The summed E-state index contributed by atoms with van der Waals surface area (Å²) in [4.78, 5) is -0.493. The monoisotopic (exact) mass is 782 g/mol. The van der Waals surface area contributed by atoms with E-state index in [9.17, 15) is 38.5 Å². The molecule has 0 saturated heterocycles. The molecular weight excluding hydrogens is 768 g/mol. The van der Waals surface area contributed by atoms with Crippen LogP contribution in [0.2, 0.25) is 0 Å². The van der Waals surface area contributed by atoms with Gasteiger partial charge in [0.1, 0.15) is 45.7 Å². The third-order valence-corrected chi connectivity index (χ3v) is 7.28. The number of fused-ring (bicyclic) bond motifs is 1. The predicted octanol–water partition coefficient (Wildman–Crippen LogP) is 6.30. The van der Waals surface area contributed by atoms with Crippen LogP contribution in [0.1, 0.15) is 0 Å². The molecule has 0 fully saturated rings. The second kappa shape index (κ2) is 16.4. The Morgan fingerprint density at radius 3 is 1.78 bits per heavy atom. The Labute approximate surface area is 280 Å². The molecule has 0 aliphatic heterocycles. The topological polar surface area (TPSA) is 282 Å². The minimum Gasteiger partial charge on any atom is -0.507 e. The zero-order chi connectivity index (χ0) is 31.3. The summed E-state index contributed by atoms with van der Waals surface area (Å²) in [7, 11) is -4.74. The third-order valence-electron chi connectivity index (χ3n) is 5.26. The second-order valence-electron chi connectivity index (χ2n) is 7.92. The van der Waals surface area contributed by atoms with Gasteiger partial charge in [-0.2, -0.15) is 8.42 Å². The first-order valence-electron chi connectivity index (χ1n) is 10.9. The van der Waals surface area contributed by atoms with Crippen molar-refractivity contribution in [1.29, 1.82) is 0 Å². The van der Waals surface area contributed by atoms with Gasteiger partial charge in [0.15, 0.2) is 5.75 Å². The number of rotatable bonds is 11. The predicted molar refractivity (Wildman–Crippen MR) is 145 cm³/mol. The van der Waals surface area contributed by atoms with Crippen molar-refractivity contribution >= 4 is 67.7 Å². The van der Waals surface area contributed by atoms with Gasteiger partial charge < -0.3 is 25.5 Å². The number of aromatic hydroxyl groups is 5. The molecule has 8 N–H and O–H groups in total. The molecule has 0 saturated carbocycles. The number of phenols is 5. The quantitative estimate of drug-likeness (QED) is 0.0158. The summed E-state index contributed by atoms with van der Waals surface area (Å²) in [5.74, 6) is -2.94. The smallest absolute Gasteiger partial charge is 0.294 e. The van der Waals surface area contributed by atoms with Gasteiger partial charge in [0.05, 0.1) is 39.3 Å². The number of phenolic OH excluding ortho intramolecular Hbond substituents is 5. The van der Waals surface area contributed by atoms with Crippen LogP contribution in [-0.2, 0) is 63.0 Å². The van der Waals surface area contributed by atoms with Crippen LogP contribution in [0.5, 0.6) is 28.7 Å². The van der Waals surface area contributed by atoms with Gasteiger partial charge in [0.25, 0.3) is 10.1 Å². The average molecular weight is 784 g/mol. The zero-order valence-corrected chi connectivity index (χ0v) is 25.6. The van der Waals surface area contributed by atoms with Gasteiger partial charge >= 0.3 is 0 Å². The molecule has 4 aromatic rings. The minimum absolute atomic E-state index is 0. The van der Waals surface area contributed by atoms with E-state index in [1.807, 2.05) is 0 Å². The van der Waals surface area contributed by atoms with Crippen molar-refractivity contribution in [2.45, 2.75) is 14.7 Å². The minimum atomic E-state index is -4.74. The summed E-state index contributed by atoms with van der Waals surface area (Å²) in [6.07, 6.45) is 0. The molecule has 0 bridgehead atoms. The van der Waals surface area contributed by atoms with Gasteiger partial charge in [0, 0.05) is 57.2 Å². The van der Waals surface area contributed by atoms with Gasteiger partial charge in [0.2, 0.25) is 0 Å². The molecule has 0 aromatic heterocycles. The largest absolute Gasteiger partial charge is 0.507 e. The Balaban J connectivity index is 0.00000353. The molecule has 0 heterocycles. The van der Waals surface area contributed by atoms with Crippen LogP contribution >= 0.6 is 24.1 Å². The molecule has 0 aliphatic rings. The summed E-state index contributed by atoms with van der Waals surface area (Å²) < 4.78 is 41.1. The Morgan fingerprint density at radius 1 is 0.644 bits per heavy atom. The van der Waals surface area contributed by atoms with E-state index in [-0.39, 0.29) is 84.7 Å². The summed E-state index contributed by atoms with van der Waals surface area (Å²) in [6.45, 7) is 0. The first kappa shape index (κ1) is 37.9. The third kappa shape index (κ3) is 9.16. The number of benzene rings is 4. The number of hydrogen-bond acceptors (Lipinski definition) is 19. The van der Waals surface area contributed by atoms with Gasteiger partial charge in [-0.15, -0.1) is 29.1 Å². The molecule has 23 heteroatoms. The molecule has 4 rings (SSSR count). The Morgan fingerprint density at radius 2 is 1.20 bits per heavy atom. The Bertz CT molecular complexity index is 1870. The molecule has 4 aromatic carbocycles.